The molecule has 1 fully saturated rings. The van der Waals surface area contributed by atoms with Crippen LogP contribution < -0.4 is 20.3 Å². The second-order valence-electron chi connectivity index (χ2n) is 7.66. The minimum Gasteiger partial charge on any atom is -0.495 e. The van der Waals surface area contributed by atoms with Gasteiger partial charge in [0.15, 0.2) is 5.96 Å². The molecular weight excluding hydrogens is 491 g/mol. The number of hydrogen-bond donors (Lipinski definition) is 2. The summed E-state index contributed by atoms with van der Waals surface area (Å²) >= 11 is 0. The van der Waals surface area contributed by atoms with Gasteiger partial charge in [-0.1, -0.05) is 12.1 Å². The van der Waals surface area contributed by atoms with Crippen LogP contribution in [0.3, 0.4) is 0 Å². The summed E-state index contributed by atoms with van der Waals surface area (Å²) in [5.74, 6) is 2.41. The first-order chi connectivity index (χ1) is 14.1. The highest BCUT2D eigenvalue weighted by molar-refractivity contribution is 14.0. The number of para-hydroxylation sites is 2. The molecule has 1 aliphatic heterocycles. The van der Waals surface area contributed by atoms with Crippen LogP contribution in [-0.2, 0) is 6.54 Å². The number of guanidine groups is 1. The fraction of sp³-hybridized carbons (Fsp3) is 0.545. The number of aryl methyl sites for hydroxylation is 3. The monoisotopic (exact) mass is 526 g/mol. The van der Waals surface area contributed by atoms with Gasteiger partial charge in [0.1, 0.15) is 5.75 Å². The van der Waals surface area contributed by atoms with Crippen molar-refractivity contribution in [3.05, 3.63) is 41.7 Å². The van der Waals surface area contributed by atoms with Crippen LogP contribution in [0, 0.1) is 19.8 Å². The van der Waals surface area contributed by atoms with Gasteiger partial charge in [-0.2, -0.15) is 5.10 Å². The number of hydrogen-bond acceptors (Lipinski definition) is 4. The Bertz CT molecular complexity index is 822. The van der Waals surface area contributed by atoms with E-state index in [0.29, 0.717) is 5.92 Å². The van der Waals surface area contributed by atoms with Crippen molar-refractivity contribution in [3.8, 4) is 5.75 Å². The summed E-state index contributed by atoms with van der Waals surface area (Å²) < 4.78 is 7.58. The SMILES string of the molecule is CN=C(NCCCn1nc(C)cc1C)NCC1CCN(c2ccccc2OC)C1.I. The van der Waals surface area contributed by atoms with Crippen molar-refractivity contribution < 1.29 is 4.74 Å². The first-order valence-electron chi connectivity index (χ1n) is 10.4. The van der Waals surface area contributed by atoms with Gasteiger partial charge in [0.25, 0.3) is 0 Å². The van der Waals surface area contributed by atoms with E-state index in [1.54, 1.807) is 7.11 Å². The Morgan fingerprint density at radius 1 is 1.27 bits per heavy atom. The minimum atomic E-state index is 0. The molecule has 8 heteroatoms. The van der Waals surface area contributed by atoms with Crippen LogP contribution in [0.25, 0.3) is 0 Å². The van der Waals surface area contributed by atoms with Crippen LogP contribution in [0.5, 0.6) is 5.75 Å². The highest BCUT2D eigenvalue weighted by Crippen LogP contribution is 2.31. The molecule has 1 aliphatic rings. The number of methoxy groups -OCH3 is 1. The molecule has 2 N–H and O–H groups in total. The van der Waals surface area contributed by atoms with Crippen LogP contribution in [0.15, 0.2) is 35.3 Å². The Balaban J connectivity index is 0.00000320. The molecule has 1 aromatic carbocycles. The molecule has 3 rings (SSSR count). The average molecular weight is 526 g/mol. The number of nitrogens with one attached hydrogen (secondary N) is 2. The van der Waals surface area contributed by atoms with E-state index in [1.165, 1.54) is 17.8 Å². The standard InChI is InChI=1S/C22H34N6O.HI/c1-17-14-18(2)28(26-17)12-7-11-24-22(23-3)25-15-19-10-13-27(16-19)20-8-5-6-9-21(20)29-4;/h5-6,8-9,14,19H,7,10-13,15-16H2,1-4H3,(H2,23,24,25);1H. The minimum absolute atomic E-state index is 0. The lowest BCUT2D eigenvalue weighted by atomic mass is 10.1. The van der Waals surface area contributed by atoms with E-state index in [1.807, 2.05) is 26.1 Å². The maximum absolute atomic E-state index is 5.51. The Morgan fingerprint density at radius 3 is 2.77 bits per heavy atom. The van der Waals surface area contributed by atoms with Crippen molar-refractivity contribution in [1.82, 2.24) is 20.4 Å². The number of aromatic nitrogens is 2. The summed E-state index contributed by atoms with van der Waals surface area (Å²) in [4.78, 5) is 6.77. The first-order valence-corrected chi connectivity index (χ1v) is 10.4. The molecule has 2 heterocycles. The van der Waals surface area contributed by atoms with Crippen LogP contribution in [0.2, 0.25) is 0 Å². The number of rotatable bonds is 8. The largest absolute Gasteiger partial charge is 0.495 e. The smallest absolute Gasteiger partial charge is 0.190 e. The summed E-state index contributed by atoms with van der Waals surface area (Å²) in [5.41, 5.74) is 3.47. The second-order valence-corrected chi connectivity index (χ2v) is 7.66. The predicted molar refractivity (Wildman–Crippen MR) is 134 cm³/mol. The Morgan fingerprint density at radius 2 is 2.07 bits per heavy atom. The molecule has 166 valence electrons. The molecule has 1 atom stereocenters. The molecular formula is C22H35IN6O. The van der Waals surface area contributed by atoms with Gasteiger partial charge in [-0.05, 0) is 50.8 Å². The van der Waals surface area contributed by atoms with Gasteiger partial charge >= 0.3 is 0 Å². The van der Waals surface area contributed by atoms with E-state index >= 15 is 0 Å². The molecule has 1 unspecified atom stereocenters. The third-order valence-electron chi connectivity index (χ3n) is 5.44. The molecule has 30 heavy (non-hydrogen) atoms. The molecule has 0 radical (unpaired) electrons. The van der Waals surface area contributed by atoms with Crippen molar-refractivity contribution in [1.29, 1.82) is 0 Å². The van der Waals surface area contributed by atoms with Gasteiger partial charge in [-0.25, -0.2) is 0 Å². The van der Waals surface area contributed by atoms with Gasteiger partial charge in [0.2, 0.25) is 0 Å². The Kier molecular flexibility index (Phi) is 9.74. The molecule has 0 spiro atoms. The van der Waals surface area contributed by atoms with E-state index in [0.717, 1.165) is 56.5 Å². The predicted octanol–water partition coefficient (Wildman–Crippen LogP) is 3.21. The van der Waals surface area contributed by atoms with Crippen LogP contribution in [0.1, 0.15) is 24.2 Å². The van der Waals surface area contributed by atoms with E-state index in [2.05, 4.69) is 55.4 Å². The fourth-order valence-electron chi connectivity index (χ4n) is 3.91. The number of nitrogens with zero attached hydrogens (tertiary/aromatic N) is 4. The van der Waals surface area contributed by atoms with Gasteiger partial charge in [-0.3, -0.25) is 9.67 Å². The quantitative estimate of drug-likeness (QED) is 0.240. The zero-order valence-electron chi connectivity index (χ0n) is 18.5. The molecule has 1 aromatic heterocycles. The highest BCUT2D eigenvalue weighted by atomic mass is 127. The third kappa shape index (κ3) is 6.52. The summed E-state index contributed by atoms with van der Waals surface area (Å²) in [7, 11) is 3.56. The average Bonchev–Trinajstić information content (AvgIpc) is 3.33. The normalized spacial score (nSPS) is 16.3. The topological polar surface area (TPSA) is 66.7 Å². The van der Waals surface area contributed by atoms with Crippen LogP contribution in [-0.4, -0.2) is 56.1 Å². The van der Waals surface area contributed by atoms with E-state index in [9.17, 15) is 0 Å². The zero-order chi connectivity index (χ0) is 20.6. The van der Waals surface area contributed by atoms with Crippen LogP contribution >= 0.6 is 24.0 Å². The van der Waals surface area contributed by atoms with Gasteiger partial charge in [0.05, 0.1) is 18.5 Å². The summed E-state index contributed by atoms with van der Waals surface area (Å²) in [5, 5.41) is 11.4. The number of ether oxygens (including phenoxy) is 1. The summed E-state index contributed by atoms with van der Waals surface area (Å²) in [6.07, 6.45) is 2.17. The lowest BCUT2D eigenvalue weighted by Gasteiger charge is -2.21. The lowest BCUT2D eigenvalue weighted by Crippen LogP contribution is -2.40. The summed E-state index contributed by atoms with van der Waals surface area (Å²) in [6, 6.07) is 10.4. The molecule has 0 aliphatic carbocycles. The van der Waals surface area contributed by atoms with E-state index < -0.39 is 0 Å². The van der Waals surface area contributed by atoms with Crippen molar-refractivity contribution in [3.63, 3.8) is 0 Å². The van der Waals surface area contributed by atoms with Crippen molar-refractivity contribution in [2.75, 3.05) is 45.2 Å². The van der Waals surface area contributed by atoms with E-state index in [4.69, 9.17) is 4.74 Å². The Hall–Kier alpha value is -1.97. The molecule has 1 saturated heterocycles. The number of aliphatic imine (C=N–C) groups is 1. The van der Waals surface area contributed by atoms with E-state index in [-0.39, 0.29) is 24.0 Å². The molecule has 7 nitrogen and oxygen atoms in total. The molecule has 0 bridgehead atoms. The van der Waals surface area contributed by atoms with Crippen LogP contribution in [0.4, 0.5) is 5.69 Å². The maximum Gasteiger partial charge on any atom is 0.190 e. The maximum atomic E-state index is 5.51. The number of benzene rings is 1. The lowest BCUT2D eigenvalue weighted by molar-refractivity contribution is 0.414. The molecule has 2 aromatic rings. The third-order valence-corrected chi connectivity index (χ3v) is 5.44. The van der Waals surface area contributed by atoms with Crippen molar-refractivity contribution in [2.24, 2.45) is 10.9 Å². The second kappa shape index (κ2) is 12.0. The van der Waals surface area contributed by atoms with Crippen molar-refractivity contribution >= 4 is 35.6 Å². The van der Waals surface area contributed by atoms with Gasteiger partial charge < -0.3 is 20.3 Å². The van der Waals surface area contributed by atoms with Gasteiger partial charge in [0, 0.05) is 45.5 Å². The van der Waals surface area contributed by atoms with Crippen molar-refractivity contribution in [2.45, 2.75) is 33.2 Å². The molecule has 0 saturated carbocycles. The molecule has 0 amide bonds. The number of anilines is 1. The number of halogens is 1. The Labute approximate surface area is 197 Å². The van der Waals surface area contributed by atoms with Gasteiger partial charge in [-0.15, -0.1) is 24.0 Å². The first kappa shape index (κ1) is 24.3. The fourth-order valence-corrected chi connectivity index (χ4v) is 3.91. The highest BCUT2D eigenvalue weighted by Gasteiger charge is 2.24. The summed E-state index contributed by atoms with van der Waals surface area (Å²) in [6.45, 7) is 8.93. The zero-order valence-corrected chi connectivity index (χ0v) is 20.8.